The van der Waals surface area contributed by atoms with Gasteiger partial charge in [-0.1, -0.05) is 120 Å². The van der Waals surface area contributed by atoms with Crippen LogP contribution in [0.5, 0.6) is 0 Å². The second-order valence-electron chi connectivity index (χ2n) is 14.5. The Kier molecular flexibility index (Phi) is 6.21. The van der Waals surface area contributed by atoms with Gasteiger partial charge in [-0.3, -0.25) is 0 Å². The molecule has 8 aromatic rings. The van der Waals surface area contributed by atoms with Crippen molar-refractivity contribution >= 4 is 64.0 Å². The largest absolute Gasteiger partial charge is 0.247 e. The van der Waals surface area contributed by atoms with Crippen molar-refractivity contribution in [3.8, 4) is 22.4 Å². The predicted molar refractivity (Wildman–Crippen MR) is 198 cm³/mol. The second kappa shape index (κ2) is 9.99. The highest BCUT2D eigenvalue weighted by atomic mass is 32.1. The number of fused-ring (bicyclic) bond motifs is 9. The molecule has 0 amide bonds. The smallest absolute Gasteiger partial charge is 0.0794 e. The molecule has 0 bridgehead atoms. The maximum Gasteiger partial charge on any atom is 0.0794 e. The molecule has 2 aromatic heterocycles. The topological polar surface area (TPSA) is 12.9 Å². The van der Waals surface area contributed by atoms with Gasteiger partial charge < -0.3 is 0 Å². The fraction of sp³-hybridized carbons (Fsp3) is 0.186. The highest BCUT2D eigenvalue weighted by Crippen LogP contribution is 2.42. The Balaban J connectivity index is 1.36. The Morgan fingerprint density at radius 1 is 0.467 bits per heavy atom. The summed E-state index contributed by atoms with van der Waals surface area (Å²) in [5, 5.41) is 8.92. The standard InChI is InChI=1S/C43H37NS/c1-42(2,3)28-17-19-31-32-20-18-29(43(4,5)6)25-37(32)40-34(36(31)24-28)21-22-38(44-40)27-12-9-11-26(23-27)30-14-10-15-35-33-13-7-8-16-39(33)45-41(30)35/h7-25H,1-6H3. The molecule has 45 heavy (non-hydrogen) atoms. The summed E-state index contributed by atoms with van der Waals surface area (Å²) >= 11 is 1.88. The number of benzene rings is 6. The van der Waals surface area contributed by atoms with E-state index in [0.29, 0.717) is 0 Å². The molecule has 0 fully saturated rings. The van der Waals surface area contributed by atoms with Crippen molar-refractivity contribution in [1.82, 2.24) is 4.98 Å². The average Bonchev–Trinajstić information content (AvgIpc) is 3.42. The lowest BCUT2D eigenvalue weighted by Gasteiger charge is -2.22. The Bertz CT molecular complexity index is 2450. The zero-order valence-electron chi connectivity index (χ0n) is 26.8. The van der Waals surface area contributed by atoms with Gasteiger partial charge in [-0.15, -0.1) is 11.3 Å². The molecule has 2 heterocycles. The Morgan fingerprint density at radius 3 is 1.84 bits per heavy atom. The normalized spacial score (nSPS) is 12.7. The number of hydrogen-bond acceptors (Lipinski definition) is 2. The fourth-order valence-electron chi connectivity index (χ4n) is 6.77. The first-order chi connectivity index (χ1) is 21.6. The molecule has 0 aliphatic heterocycles. The van der Waals surface area contributed by atoms with E-state index in [0.717, 1.165) is 16.8 Å². The van der Waals surface area contributed by atoms with Crippen LogP contribution in [0.1, 0.15) is 52.7 Å². The van der Waals surface area contributed by atoms with Crippen LogP contribution >= 0.6 is 11.3 Å². The third-order valence-corrected chi connectivity index (χ3v) is 10.6. The molecule has 0 spiro atoms. The van der Waals surface area contributed by atoms with Gasteiger partial charge in [0.2, 0.25) is 0 Å². The fourth-order valence-corrected chi connectivity index (χ4v) is 8.01. The minimum absolute atomic E-state index is 0.0467. The molecule has 0 aliphatic carbocycles. The first-order valence-electron chi connectivity index (χ1n) is 15.9. The minimum Gasteiger partial charge on any atom is -0.247 e. The van der Waals surface area contributed by atoms with Crippen molar-refractivity contribution in [3.63, 3.8) is 0 Å². The molecule has 8 rings (SSSR count). The summed E-state index contributed by atoms with van der Waals surface area (Å²) < 4.78 is 2.67. The van der Waals surface area contributed by atoms with E-state index in [9.17, 15) is 0 Å². The van der Waals surface area contributed by atoms with E-state index >= 15 is 0 Å². The summed E-state index contributed by atoms with van der Waals surface area (Å²) in [7, 11) is 0. The molecule has 0 unspecified atom stereocenters. The zero-order valence-corrected chi connectivity index (χ0v) is 27.6. The van der Waals surface area contributed by atoms with Crippen LogP contribution in [-0.2, 0) is 10.8 Å². The highest BCUT2D eigenvalue weighted by molar-refractivity contribution is 7.26. The maximum atomic E-state index is 5.47. The van der Waals surface area contributed by atoms with Crippen LogP contribution in [0.3, 0.4) is 0 Å². The molecule has 220 valence electrons. The number of thiophene rings is 1. The number of aromatic nitrogens is 1. The number of nitrogens with zero attached hydrogens (tertiary/aromatic N) is 1. The monoisotopic (exact) mass is 599 g/mol. The third kappa shape index (κ3) is 4.62. The molecule has 0 atom stereocenters. The van der Waals surface area contributed by atoms with E-state index in [-0.39, 0.29) is 10.8 Å². The molecular formula is C43H37NS. The summed E-state index contributed by atoms with van der Waals surface area (Å²) in [5.41, 5.74) is 8.49. The Hall–Kier alpha value is -4.53. The molecule has 2 heteroatoms. The van der Waals surface area contributed by atoms with Crippen LogP contribution in [0.25, 0.3) is 75.0 Å². The molecule has 0 saturated carbocycles. The van der Waals surface area contributed by atoms with Gasteiger partial charge in [0.1, 0.15) is 0 Å². The van der Waals surface area contributed by atoms with Crippen molar-refractivity contribution in [2.24, 2.45) is 0 Å². The average molecular weight is 600 g/mol. The molecule has 0 N–H and O–H groups in total. The lowest BCUT2D eigenvalue weighted by Crippen LogP contribution is -2.11. The van der Waals surface area contributed by atoms with Gasteiger partial charge in [-0.25, -0.2) is 4.98 Å². The zero-order chi connectivity index (χ0) is 31.1. The summed E-state index contributed by atoms with van der Waals surface area (Å²) in [4.78, 5) is 5.47. The van der Waals surface area contributed by atoms with Crippen molar-refractivity contribution in [2.75, 3.05) is 0 Å². The number of pyridine rings is 1. The van der Waals surface area contributed by atoms with Gasteiger partial charge in [0.05, 0.1) is 11.2 Å². The molecular weight excluding hydrogens is 563 g/mol. The summed E-state index contributed by atoms with van der Waals surface area (Å²) in [5.74, 6) is 0. The van der Waals surface area contributed by atoms with E-state index in [2.05, 4.69) is 157 Å². The Morgan fingerprint density at radius 2 is 1.09 bits per heavy atom. The molecule has 0 saturated heterocycles. The number of hydrogen-bond donors (Lipinski definition) is 0. The van der Waals surface area contributed by atoms with Crippen LogP contribution in [0.2, 0.25) is 0 Å². The summed E-state index contributed by atoms with van der Waals surface area (Å²) in [6.45, 7) is 13.7. The first-order valence-corrected chi connectivity index (χ1v) is 16.7. The van der Waals surface area contributed by atoms with E-state index in [1.54, 1.807) is 0 Å². The van der Waals surface area contributed by atoms with Crippen LogP contribution in [0.15, 0.2) is 115 Å². The van der Waals surface area contributed by atoms with Crippen molar-refractivity contribution < 1.29 is 0 Å². The van der Waals surface area contributed by atoms with Crippen LogP contribution < -0.4 is 0 Å². The van der Waals surface area contributed by atoms with Gasteiger partial charge in [0.15, 0.2) is 0 Å². The first kappa shape index (κ1) is 28.0. The number of rotatable bonds is 2. The van der Waals surface area contributed by atoms with E-state index < -0.39 is 0 Å². The van der Waals surface area contributed by atoms with E-state index in [1.165, 1.54) is 69.4 Å². The van der Waals surface area contributed by atoms with Crippen LogP contribution in [0, 0.1) is 0 Å². The summed E-state index contributed by atoms with van der Waals surface area (Å²) in [6, 6.07) is 42.9. The van der Waals surface area contributed by atoms with Gasteiger partial charge >= 0.3 is 0 Å². The lowest BCUT2D eigenvalue weighted by molar-refractivity contribution is 0.591. The maximum absolute atomic E-state index is 5.47. The van der Waals surface area contributed by atoms with Crippen LogP contribution in [-0.4, -0.2) is 4.98 Å². The Labute approximate surface area is 269 Å². The highest BCUT2D eigenvalue weighted by Gasteiger charge is 2.20. The molecule has 0 radical (unpaired) electrons. The van der Waals surface area contributed by atoms with Crippen molar-refractivity contribution in [3.05, 3.63) is 126 Å². The SMILES string of the molecule is CC(C)(C)c1ccc2c(c1)c1ccc(-c3cccc(-c4cccc5c4sc4ccccc45)c3)nc1c1cc(C(C)(C)C)ccc21. The van der Waals surface area contributed by atoms with Crippen molar-refractivity contribution in [2.45, 2.75) is 52.4 Å². The minimum atomic E-state index is 0.0467. The molecule has 1 nitrogen and oxygen atoms in total. The third-order valence-electron chi connectivity index (χ3n) is 9.38. The summed E-state index contributed by atoms with van der Waals surface area (Å²) in [6.07, 6.45) is 0. The quantitative estimate of drug-likeness (QED) is 0.180. The van der Waals surface area contributed by atoms with Gasteiger partial charge in [0.25, 0.3) is 0 Å². The van der Waals surface area contributed by atoms with Crippen molar-refractivity contribution in [1.29, 1.82) is 0 Å². The van der Waals surface area contributed by atoms with E-state index in [1.807, 2.05) is 11.3 Å². The predicted octanol–water partition coefficient (Wildman–Crippen LogP) is 12.8. The molecule has 6 aromatic carbocycles. The van der Waals surface area contributed by atoms with Gasteiger partial charge in [-0.2, -0.15) is 0 Å². The lowest BCUT2D eigenvalue weighted by atomic mass is 9.83. The van der Waals surface area contributed by atoms with Gasteiger partial charge in [0, 0.05) is 36.5 Å². The van der Waals surface area contributed by atoms with Crippen LogP contribution in [0.4, 0.5) is 0 Å². The second-order valence-corrected chi connectivity index (χ2v) is 15.5. The molecule has 0 aliphatic rings. The van der Waals surface area contributed by atoms with E-state index in [4.69, 9.17) is 4.98 Å². The van der Waals surface area contributed by atoms with Gasteiger partial charge in [-0.05, 0) is 85.6 Å².